The second-order valence-electron chi connectivity index (χ2n) is 9.04. The highest BCUT2D eigenvalue weighted by Gasteiger charge is 2.27. The van der Waals surface area contributed by atoms with Gasteiger partial charge in [0.05, 0.1) is 17.2 Å². The zero-order valence-corrected chi connectivity index (χ0v) is 24.1. The summed E-state index contributed by atoms with van der Waals surface area (Å²) in [7, 11) is -8.24. The molecule has 0 fully saturated rings. The molecule has 0 atom stereocenters. The number of aryl methyl sites for hydroxylation is 1. The van der Waals surface area contributed by atoms with Crippen LogP contribution < -0.4 is 9.64 Å². The first kappa shape index (κ1) is 29.4. The number of fused-ring (bicyclic) bond motifs is 2. The maximum absolute atomic E-state index is 11.3. The lowest BCUT2D eigenvalue weighted by Gasteiger charge is -2.18. The lowest BCUT2D eigenvalue weighted by Crippen LogP contribution is -2.23. The Hall–Kier alpha value is -2.54. The average Bonchev–Trinajstić information content (AvgIpc) is 3.34. The van der Waals surface area contributed by atoms with Gasteiger partial charge in [-0.25, -0.2) is 0 Å². The van der Waals surface area contributed by atoms with E-state index in [2.05, 4.69) is 0 Å². The van der Waals surface area contributed by atoms with Crippen molar-refractivity contribution in [3.05, 3.63) is 75.3 Å². The second-order valence-corrected chi connectivity index (χ2v) is 13.1. The van der Waals surface area contributed by atoms with Crippen LogP contribution in [0.25, 0.3) is 17.0 Å². The van der Waals surface area contributed by atoms with Gasteiger partial charge < -0.3 is 14.1 Å². The molecule has 39 heavy (non-hydrogen) atoms. The molecule has 2 heterocycles. The molecule has 9 nitrogen and oxygen atoms in total. The Balaban J connectivity index is 1.71. The number of nitrogens with zero attached hydrogens (tertiary/aromatic N) is 1. The molecule has 4 rings (SSSR count). The van der Waals surface area contributed by atoms with E-state index in [-0.39, 0.29) is 25.1 Å². The summed E-state index contributed by atoms with van der Waals surface area (Å²) in [4.78, 5) is 1.79. The molecule has 0 aliphatic carbocycles. The fourth-order valence-corrected chi connectivity index (χ4v) is 5.68. The third-order valence-corrected chi connectivity index (χ3v) is 8.20. The van der Waals surface area contributed by atoms with Crippen molar-refractivity contribution in [1.29, 1.82) is 0 Å². The number of ether oxygens (including phenoxy) is 1. The summed E-state index contributed by atoms with van der Waals surface area (Å²) in [6.45, 7) is 2.20. The number of furan rings is 1. The molecule has 0 bridgehead atoms. The molecular weight excluding hydrogens is 589 g/mol. The number of halogens is 2. The number of allylic oxidation sites excluding steroid dienone is 2. The molecule has 0 unspecified atom stereocenters. The minimum Gasteiger partial charge on any atom is -0.456 e. The van der Waals surface area contributed by atoms with Crippen molar-refractivity contribution in [3.8, 4) is 5.75 Å². The van der Waals surface area contributed by atoms with Crippen molar-refractivity contribution in [2.45, 2.75) is 32.6 Å². The van der Waals surface area contributed by atoms with Crippen LogP contribution in [0.3, 0.4) is 0 Å². The Morgan fingerprint density at radius 3 is 2.33 bits per heavy atom. The minimum atomic E-state index is -4.12. The molecule has 0 amide bonds. The molecule has 2 N–H and O–H groups in total. The van der Waals surface area contributed by atoms with Gasteiger partial charge in [0.1, 0.15) is 11.3 Å². The molecular formula is C26H27Cl2NO8S2. The first-order chi connectivity index (χ1) is 18.3. The molecule has 0 radical (unpaired) electrons. The molecule has 1 aliphatic rings. The highest BCUT2D eigenvalue weighted by Crippen LogP contribution is 2.41. The molecule has 0 spiro atoms. The van der Waals surface area contributed by atoms with Gasteiger partial charge in [0.2, 0.25) is 5.88 Å². The van der Waals surface area contributed by atoms with E-state index in [1.165, 1.54) is 0 Å². The molecule has 210 valence electrons. The third-order valence-electron chi connectivity index (χ3n) is 6.12. The second kappa shape index (κ2) is 11.9. The molecule has 2 aromatic carbocycles. The van der Waals surface area contributed by atoms with E-state index in [0.717, 1.165) is 16.5 Å². The van der Waals surface area contributed by atoms with Gasteiger partial charge in [-0.2, -0.15) is 16.8 Å². The van der Waals surface area contributed by atoms with Crippen molar-refractivity contribution >= 4 is 66.2 Å². The maximum Gasteiger partial charge on any atom is 0.264 e. The van der Waals surface area contributed by atoms with E-state index >= 15 is 0 Å². The number of benzene rings is 2. The normalized spacial score (nSPS) is 15.3. The molecule has 0 saturated carbocycles. The number of rotatable bonds is 11. The summed E-state index contributed by atoms with van der Waals surface area (Å²) in [5.74, 6) is 0.728. The number of hydrogen-bond acceptors (Lipinski definition) is 7. The van der Waals surface area contributed by atoms with Gasteiger partial charge >= 0.3 is 0 Å². The predicted molar refractivity (Wildman–Crippen MR) is 153 cm³/mol. The predicted octanol–water partition coefficient (Wildman–Crippen LogP) is 6.37. The van der Waals surface area contributed by atoms with Crippen LogP contribution in [-0.4, -0.2) is 44.0 Å². The largest absolute Gasteiger partial charge is 0.456 e. The summed E-state index contributed by atoms with van der Waals surface area (Å²) >= 11 is 12.4. The standard InChI is InChI=1S/C26H27Cl2NO8S2/c1-2-17(13-25-20(5-3-11-38(30,31)32)21-15-18(27)6-8-23(21)36-25)14-26-29(10-4-12-39(33,34)35)22-16-19(28)7-9-24(22)37-26/h6-9,13-16H,2-5,10-12H2,1H3,(H,30,31,32)(H,33,34,35)/b17-13-,26-14+. The van der Waals surface area contributed by atoms with Crippen molar-refractivity contribution in [2.75, 3.05) is 23.0 Å². The molecule has 13 heteroatoms. The first-order valence-electron chi connectivity index (χ1n) is 12.1. The van der Waals surface area contributed by atoms with Crippen LogP contribution in [-0.2, 0) is 26.7 Å². The van der Waals surface area contributed by atoms with E-state index < -0.39 is 26.0 Å². The lowest BCUT2D eigenvalue weighted by atomic mass is 10.0. The molecule has 1 aromatic heterocycles. The topological polar surface area (TPSA) is 134 Å². The van der Waals surface area contributed by atoms with Gasteiger partial charge in [-0.15, -0.1) is 0 Å². The number of hydrogen-bond donors (Lipinski definition) is 2. The zero-order chi connectivity index (χ0) is 28.4. The van der Waals surface area contributed by atoms with Crippen LogP contribution in [0.2, 0.25) is 10.0 Å². The fraction of sp³-hybridized carbons (Fsp3) is 0.308. The first-order valence-corrected chi connectivity index (χ1v) is 16.1. The summed E-state index contributed by atoms with van der Waals surface area (Å²) in [5.41, 5.74) is 2.82. The molecule has 3 aromatic rings. The van der Waals surface area contributed by atoms with Gasteiger partial charge in [-0.1, -0.05) is 30.1 Å². The summed E-state index contributed by atoms with van der Waals surface area (Å²) in [6.07, 6.45) is 4.88. The van der Waals surface area contributed by atoms with Gasteiger partial charge in [0.15, 0.2) is 5.75 Å². The highest BCUT2D eigenvalue weighted by molar-refractivity contribution is 7.86. The monoisotopic (exact) mass is 615 g/mol. The Morgan fingerprint density at radius 1 is 0.974 bits per heavy atom. The number of anilines is 1. The third kappa shape index (κ3) is 7.77. The maximum atomic E-state index is 11.3. The van der Waals surface area contributed by atoms with E-state index in [4.69, 9.17) is 36.9 Å². The lowest BCUT2D eigenvalue weighted by molar-refractivity contribution is 0.436. The molecule has 0 saturated heterocycles. The molecule has 1 aliphatic heterocycles. The van der Waals surface area contributed by atoms with Crippen LogP contribution in [0.5, 0.6) is 5.75 Å². The minimum absolute atomic E-state index is 0.152. The summed E-state index contributed by atoms with van der Waals surface area (Å²) in [5, 5.41) is 1.74. The van der Waals surface area contributed by atoms with Crippen LogP contribution >= 0.6 is 23.2 Å². The van der Waals surface area contributed by atoms with Crippen LogP contribution in [0.15, 0.2) is 58.3 Å². The van der Waals surface area contributed by atoms with Gasteiger partial charge in [0.25, 0.3) is 20.2 Å². The Labute approximate surface area is 237 Å². The zero-order valence-electron chi connectivity index (χ0n) is 20.9. The summed E-state index contributed by atoms with van der Waals surface area (Å²) < 4.78 is 75.6. The van der Waals surface area contributed by atoms with Crippen LogP contribution in [0, 0.1) is 0 Å². The average molecular weight is 617 g/mol. The Morgan fingerprint density at radius 2 is 1.64 bits per heavy atom. The van der Waals surface area contributed by atoms with Gasteiger partial charge in [-0.3, -0.25) is 9.11 Å². The van der Waals surface area contributed by atoms with Crippen LogP contribution in [0.1, 0.15) is 37.5 Å². The Kier molecular flexibility index (Phi) is 8.99. The SMILES string of the molecule is CCC(=C/c1oc2ccc(Cl)cc2c1CCCS(=O)(=O)O)/C=C1/Oc2ccc(Cl)cc2N1CCCS(=O)(=O)O. The quantitative estimate of drug-likeness (QED) is 0.236. The van der Waals surface area contributed by atoms with E-state index in [1.54, 1.807) is 41.3 Å². The van der Waals surface area contributed by atoms with E-state index in [0.29, 0.717) is 51.6 Å². The van der Waals surface area contributed by atoms with Crippen LogP contribution in [0.4, 0.5) is 5.69 Å². The van der Waals surface area contributed by atoms with Gasteiger partial charge in [0, 0.05) is 33.6 Å². The smallest absolute Gasteiger partial charge is 0.264 e. The highest BCUT2D eigenvalue weighted by atomic mass is 35.5. The Bertz CT molecular complexity index is 1660. The van der Waals surface area contributed by atoms with Crippen molar-refractivity contribution < 1.29 is 35.1 Å². The fourth-order valence-electron chi connectivity index (χ4n) is 4.34. The van der Waals surface area contributed by atoms with E-state index in [1.807, 2.05) is 19.1 Å². The van der Waals surface area contributed by atoms with E-state index in [9.17, 15) is 21.4 Å². The van der Waals surface area contributed by atoms with Crippen molar-refractivity contribution in [1.82, 2.24) is 0 Å². The summed E-state index contributed by atoms with van der Waals surface area (Å²) in [6, 6.07) is 10.3. The van der Waals surface area contributed by atoms with Crippen molar-refractivity contribution in [2.24, 2.45) is 0 Å². The van der Waals surface area contributed by atoms with Gasteiger partial charge in [-0.05, 0) is 73.7 Å². The van der Waals surface area contributed by atoms with Crippen molar-refractivity contribution in [3.63, 3.8) is 0 Å².